The maximum absolute atomic E-state index is 7.04. The summed E-state index contributed by atoms with van der Waals surface area (Å²) >= 11 is 0. The van der Waals surface area contributed by atoms with Crippen LogP contribution in [0.3, 0.4) is 0 Å². The highest BCUT2D eigenvalue weighted by molar-refractivity contribution is 5.46. The Balaban J connectivity index is 1.75. The van der Waals surface area contributed by atoms with Gasteiger partial charge in [-0.1, -0.05) is 12.5 Å². The first kappa shape index (κ1) is 13.6. The van der Waals surface area contributed by atoms with Crippen LogP contribution in [0.5, 0.6) is 5.75 Å². The van der Waals surface area contributed by atoms with Crippen molar-refractivity contribution in [2.24, 2.45) is 29.4 Å². The van der Waals surface area contributed by atoms with Gasteiger partial charge in [0.25, 0.3) is 0 Å². The number of benzene rings is 1. The van der Waals surface area contributed by atoms with Crippen molar-refractivity contribution in [3.63, 3.8) is 0 Å². The maximum Gasteiger partial charge on any atom is 0.122 e. The average Bonchev–Trinajstić information content (AvgIpc) is 3.11. The minimum atomic E-state index is -0.0860. The van der Waals surface area contributed by atoms with Crippen LogP contribution in [-0.4, -0.2) is 7.11 Å². The zero-order chi connectivity index (χ0) is 14.8. The fourth-order valence-electron chi connectivity index (χ4n) is 6.01. The van der Waals surface area contributed by atoms with E-state index in [0.717, 1.165) is 23.5 Å². The standard InChI is InChI=1S/C19H27NO/c1-11-8-18(21-3)12(2)7-16(11)19(20)10-13-9-17(19)15-6-4-5-14(13)15/h7-8,13-15,17H,4-6,9-10,20H2,1-3H3. The van der Waals surface area contributed by atoms with E-state index in [-0.39, 0.29) is 5.54 Å². The molecule has 2 nitrogen and oxygen atoms in total. The van der Waals surface area contributed by atoms with E-state index >= 15 is 0 Å². The van der Waals surface area contributed by atoms with E-state index in [2.05, 4.69) is 26.0 Å². The molecular weight excluding hydrogens is 258 g/mol. The summed E-state index contributed by atoms with van der Waals surface area (Å²) in [6, 6.07) is 4.48. The largest absolute Gasteiger partial charge is 0.496 e. The van der Waals surface area contributed by atoms with Gasteiger partial charge in [-0.3, -0.25) is 0 Å². The SMILES string of the molecule is COc1cc(C)c(C2(N)CC3CC2C2CCCC32)cc1C. The third-order valence-electron chi connectivity index (χ3n) is 6.81. The Morgan fingerprint density at radius 3 is 2.67 bits per heavy atom. The van der Waals surface area contributed by atoms with Crippen LogP contribution >= 0.6 is 0 Å². The third-order valence-corrected chi connectivity index (χ3v) is 6.81. The van der Waals surface area contributed by atoms with Crippen LogP contribution in [-0.2, 0) is 5.54 Å². The molecule has 0 aliphatic heterocycles. The number of rotatable bonds is 2. The molecule has 5 unspecified atom stereocenters. The number of hydrogen-bond donors (Lipinski definition) is 1. The lowest BCUT2D eigenvalue weighted by Crippen LogP contribution is -2.47. The second-order valence-corrected chi connectivity index (χ2v) is 7.74. The summed E-state index contributed by atoms with van der Waals surface area (Å²) in [5.74, 6) is 4.47. The quantitative estimate of drug-likeness (QED) is 0.893. The maximum atomic E-state index is 7.04. The second-order valence-electron chi connectivity index (χ2n) is 7.74. The summed E-state index contributed by atoms with van der Waals surface area (Å²) in [4.78, 5) is 0. The van der Waals surface area contributed by atoms with E-state index in [4.69, 9.17) is 10.5 Å². The van der Waals surface area contributed by atoms with Crippen LogP contribution in [0.25, 0.3) is 0 Å². The van der Waals surface area contributed by atoms with Gasteiger partial charge in [-0.25, -0.2) is 0 Å². The highest BCUT2D eigenvalue weighted by Crippen LogP contribution is 2.64. The molecule has 3 saturated carbocycles. The zero-order valence-corrected chi connectivity index (χ0v) is 13.5. The van der Waals surface area contributed by atoms with Crippen LogP contribution < -0.4 is 10.5 Å². The highest BCUT2D eigenvalue weighted by Gasteiger charge is 2.60. The smallest absolute Gasteiger partial charge is 0.122 e. The van der Waals surface area contributed by atoms with E-state index in [1.807, 2.05) is 0 Å². The van der Waals surface area contributed by atoms with Crippen molar-refractivity contribution in [2.45, 2.75) is 51.5 Å². The number of aryl methyl sites for hydroxylation is 2. The van der Waals surface area contributed by atoms with Crippen LogP contribution in [0.4, 0.5) is 0 Å². The molecule has 1 aromatic rings. The molecule has 3 aliphatic rings. The summed E-state index contributed by atoms with van der Waals surface area (Å²) in [7, 11) is 1.75. The van der Waals surface area contributed by atoms with Crippen molar-refractivity contribution in [2.75, 3.05) is 7.11 Å². The number of methoxy groups -OCH3 is 1. The predicted molar refractivity (Wildman–Crippen MR) is 85.4 cm³/mol. The van der Waals surface area contributed by atoms with Crippen molar-refractivity contribution in [3.05, 3.63) is 28.8 Å². The first-order valence-corrected chi connectivity index (χ1v) is 8.49. The van der Waals surface area contributed by atoms with Crippen LogP contribution in [0.1, 0.15) is 48.8 Å². The van der Waals surface area contributed by atoms with Gasteiger partial charge < -0.3 is 10.5 Å². The monoisotopic (exact) mass is 285 g/mol. The fraction of sp³-hybridized carbons (Fsp3) is 0.684. The van der Waals surface area contributed by atoms with Crippen molar-refractivity contribution >= 4 is 0 Å². The molecule has 21 heavy (non-hydrogen) atoms. The number of ether oxygens (including phenoxy) is 1. The first-order valence-electron chi connectivity index (χ1n) is 8.49. The van der Waals surface area contributed by atoms with E-state index in [0.29, 0.717) is 5.92 Å². The van der Waals surface area contributed by atoms with Gasteiger partial charge in [0, 0.05) is 5.54 Å². The molecule has 0 saturated heterocycles. The molecule has 2 bridgehead atoms. The minimum absolute atomic E-state index is 0.0860. The molecule has 1 aromatic carbocycles. The predicted octanol–water partition coefficient (Wildman–Crippen LogP) is 3.92. The number of hydrogen-bond acceptors (Lipinski definition) is 2. The van der Waals surface area contributed by atoms with Gasteiger partial charge in [0.2, 0.25) is 0 Å². The van der Waals surface area contributed by atoms with Crippen molar-refractivity contribution in [1.82, 2.24) is 0 Å². The highest BCUT2D eigenvalue weighted by atomic mass is 16.5. The number of nitrogens with two attached hydrogens (primary N) is 1. The van der Waals surface area contributed by atoms with Gasteiger partial charge in [-0.15, -0.1) is 0 Å². The van der Waals surface area contributed by atoms with Gasteiger partial charge in [0.15, 0.2) is 0 Å². The summed E-state index contributed by atoms with van der Waals surface area (Å²) in [6.07, 6.45) is 6.88. The van der Waals surface area contributed by atoms with Gasteiger partial charge >= 0.3 is 0 Å². The third kappa shape index (κ3) is 1.75. The molecular formula is C19H27NO. The molecule has 2 N–H and O–H groups in total. The Kier molecular flexibility index (Phi) is 2.91. The molecule has 5 atom stereocenters. The topological polar surface area (TPSA) is 35.2 Å². The Labute approximate surface area is 128 Å². The van der Waals surface area contributed by atoms with Gasteiger partial charge in [0.05, 0.1) is 7.11 Å². The molecule has 0 aromatic heterocycles. The molecule has 0 radical (unpaired) electrons. The molecule has 3 fully saturated rings. The molecule has 114 valence electrons. The average molecular weight is 285 g/mol. The minimum Gasteiger partial charge on any atom is -0.496 e. The molecule has 0 spiro atoms. The van der Waals surface area contributed by atoms with Gasteiger partial charge in [-0.05, 0) is 86.0 Å². The summed E-state index contributed by atoms with van der Waals surface area (Å²) < 4.78 is 5.47. The van der Waals surface area contributed by atoms with Crippen molar-refractivity contribution < 1.29 is 4.74 Å². The zero-order valence-electron chi connectivity index (χ0n) is 13.5. The first-order chi connectivity index (χ1) is 10.0. The van der Waals surface area contributed by atoms with E-state index in [1.165, 1.54) is 48.8 Å². The van der Waals surface area contributed by atoms with Crippen LogP contribution in [0, 0.1) is 37.5 Å². The summed E-state index contributed by atoms with van der Waals surface area (Å²) in [5, 5.41) is 0. The lowest BCUT2D eigenvalue weighted by molar-refractivity contribution is 0.156. The van der Waals surface area contributed by atoms with E-state index in [1.54, 1.807) is 7.11 Å². The molecule has 0 heterocycles. The molecule has 0 amide bonds. The Morgan fingerprint density at radius 1 is 1.14 bits per heavy atom. The van der Waals surface area contributed by atoms with Crippen LogP contribution in [0.15, 0.2) is 12.1 Å². The lowest BCUT2D eigenvalue weighted by Gasteiger charge is -2.41. The van der Waals surface area contributed by atoms with Crippen molar-refractivity contribution in [1.29, 1.82) is 0 Å². The Morgan fingerprint density at radius 2 is 1.90 bits per heavy atom. The van der Waals surface area contributed by atoms with Gasteiger partial charge in [-0.2, -0.15) is 0 Å². The molecule has 4 rings (SSSR count). The van der Waals surface area contributed by atoms with E-state index in [9.17, 15) is 0 Å². The second kappa shape index (κ2) is 4.49. The summed E-state index contributed by atoms with van der Waals surface area (Å²) in [6.45, 7) is 4.33. The van der Waals surface area contributed by atoms with E-state index < -0.39 is 0 Å². The van der Waals surface area contributed by atoms with Gasteiger partial charge in [0.1, 0.15) is 5.75 Å². The van der Waals surface area contributed by atoms with Crippen LogP contribution in [0.2, 0.25) is 0 Å². The molecule has 2 heteroatoms. The Hall–Kier alpha value is -1.02. The normalized spacial score (nSPS) is 40.6. The Bertz CT molecular complexity index is 581. The number of fused-ring (bicyclic) bond motifs is 5. The van der Waals surface area contributed by atoms with Crippen molar-refractivity contribution in [3.8, 4) is 5.75 Å². The lowest BCUT2D eigenvalue weighted by atomic mass is 9.67. The fourth-order valence-corrected chi connectivity index (χ4v) is 6.01. The summed E-state index contributed by atoms with van der Waals surface area (Å²) in [5.41, 5.74) is 10.9. The molecule has 3 aliphatic carbocycles.